The Morgan fingerprint density at radius 3 is 2.59 bits per heavy atom. The molecule has 6 nitrogen and oxygen atoms in total. The van der Waals surface area contributed by atoms with E-state index < -0.39 is 5.91 Å². The first kappa shape index (κ1) is 22.0. The van der Waals surface area contributed by atoms with Gasteiger partial charge in [0.05, 0.1) is 6.54 Å². The van der Waals surface area contributed by atoms with Crippen LogP contribution in [0.15, 0.2) is 65.2 Å². The van der Waals surface area contributed by atoms with Crippen LogP contribution >= 0.6 is 23.2 Å². The van der Waals surface area contributed by atoms with Gasteiger partial charge in [0.1, 0.15) is 18.1 Å². The average Bonchev–Trinajstić information content (AvgIpc) is 3.41. The minimum absolute atomic E-state index is 0.174. The Balaban J connectivity index is 1.35. The lowest BCUT2D eigenvalue weighted by molar-refractivity contribution is 0.0992. The van der Waals surface area contributed by atoms with Crippen LogP contribution in [-0.4, -0.2) is 15.7 Å². The fourth-order valence-corrected chi connectivity index (χ4v) is 3.59. The van der Waals surface area contributed by atoms with E-state index in [4.69, 9.17) is 32.4 Å². The van der Waals surface area contributed by atoms with Gasteiger partial charge < -0.3 is 14.5 Å². The molecule has 1 N–H and O–H groups in total. The molecule has 0 saturated heterocycles. The molecule has 0 aliphatic rings. The largest absolute Gasteiger partial charge is 0.486 e. The Kier molecular flexibility index (Phi) is 6.53. The summed E-state index contributed by atoms with van der Waals surface area (Å²) in [5.41, 5.74) is 3.11. The maximum absolute atomic E-state index is 12.5. The predicted molar refractivity (Wildman–Crippen MR) is 125 cm³/mol. The van der Waals surface area contributed by atoms with E-state index in [0.29, 0.717) is 28.2 Å². The number of aromatic nitrogens is 2. The number of amides is 1. The normalized spacial score (nSPS) is 10.9. The van der Waals surface area contributed by atoms with E-state index in [1.807, 2.05) is 32.0 Å². The van der Waals surface area contributed by atoms with E-state index in [9.17, 15) is 4.79 Å². The van der Waals surface area contributed by atoms with Crippen molar-refractivity contribution in [3.63, 3.8) is 0 Å². The van der Waals surface area contributed by atoms with Gasteiger partial charge in [-0.05, 0) is 61.4 Å². The Bertz CT molecular complexity index is 1240. The zero-order chi connectivity index (χ0) is 22.7. The third kappa shape index (κ3) is 5.15. The van der Waals surface area contributed by atoms with Gasteiger partial charge in [-0.15, -0.1) is 0 Å². The molecule has 0 radical (unpaired) electrons. The first-order valence-electron chi connectivity index (χ1n) is 9.95. The van der Waals surface area contributed by atoms with Gasteiger partial charge in [0.15, 0.2) is 11.6 Å². The molecular weight excluding hydrogens is 449 g/mol. The van der Waals surface area contributed by atoms with Crippen molar-refractivity contribution in [2.75, 3.05) is 5.32 Å². The Hall–Kier alpha value is -3.22. The van der Waals surface area contributed by atoms with Crippen LogP contribution in [-0.2, 0) is 13.2 Å². The molecule has 1 amide bonds. The Labute approximate surface area is 195 Å². The van der Waals surface area contributed by atoms with Gasteiger partial charge in [-0.2, -0.15) is 5.10 Å². The van der Waals surface area contributed by atoms with Crippen LogP contribution in [0.3, 0.4) is 0 Å². The summed E-state index contributed by atoms with van der Waals surface area (Å²) in [6, 6.07) is 16.2. The molecule has 0 unspecified atom stereocenters. The molecule has 0 atom stereocenters. The summed E-state index contributed by atoms with van der Waals surface area (Å²) in [5.74, 6) is 1.46. The molecule has 164 valence electrons. The summed E-state index contributed by atoms with van der Waals surface area (Å²) < 4.78 is 13.0. The number of ether oxygens (including phenoxy) is 1. The number of hydrogen-bond donors (Lipinski definition) is 1. The van der Waals surface area contributed by atoms with E-state index in [0.717, 1.165) is 16.9 Å². The molecule has 4 aromatic rings. The highest BCUT2D eigenvalue weighted by atomic mass is 35.5. The number of carbonyl (C=O) groups excluding carboxylic acids is 1. The lowest BCUT2D eigenvalue weighted by atomic mass is 10.1. The molecule has 2 aromatic heterocycles. The van der Waals surface area contributed by atoms with Gasteiger partial charge in [0.25, 0.3) is 5.91 Å². The number of halogens is 2. The minimum atomic E-state index is -0.400. The van der Waals surface area contributed by atoms with Crippen molar-refractivity contribution in [1.29, 1.82) is 0 Å². The van der Waals surface area contributed by atoms with Crippen molar-refractivity contribution in [2.24, 2.45) is 0 Å². The van der Waals surface area contributed by atoms with Crippen LogP contribution in [0.5, 0.6) is 5.75 Å². The van der Waals surface area contributed by atoms with Crippen molar-refractivity contribution < 1.29 is 13.9 Å². The van der Waals surface area contributed by atoms with Crippen molar-refractivity contribution in [1.82, 2.24) is 9.78 Å². The third-order valence-corrected chi connectivity index (χ3v) is 5.72. The van der Waals surface area contributed by atoms with E-state index >= 15 is 0 Å². The smallest absolute Gasteiger partial charge is 0.292 e. The lowest BCUT2D eigenvalue weighted by Gasteiger charge is -2.07. The fraction of sp³-hybridized carbons (Fsp3) is 0.167. The number of hydrogen-bond acceptors (Lipinski definition) is 4. The van der Waals surface area contributed by atoms with E-state index in [1.165, 1.54) is 5.56 Å². The van der Waals surface area contributed by atoms with Crippen LogP contribution in [0.4, 0.5) is 5.82 Å². The molecule has 0 aliphatic heterocycles. The van der Waals surface area contributed by atoms with E-state index in [-0.39, 0.29) is 12.4 Å². The second-order valence-electron chi connectivity index (χ2n) is 7.35. The van der Waals surface area contributed by atoms with Crippen molar-refractivity contribution in [3.8, 4) is 5.75 Å². The van der Waals surface area contributed by atoms with Gasteiger partial charge >= 0.3 is 0 Å². The van der Waals surface area contributed by atoms with Crippen LogP contribution in [0, 0.1) is 13.8 Å². The third-order valence-electron chi connectivity index (χ3n) is 5.01. The fourth-order valence-electron chi connectivity index (χ4n) is 3.08. The molecule has 2 aromatic carbocycles. The molecule has 4 rings (SSSR count). The van der Waals surface area contributed by atoms with Gasteiger partial charge in [-0.25, -0.2) is 0 Å². The molecule has 8 heteroatoms. The zero-order valence-corrected chi connectivity index (χ0v) is 19.1. The molecule has 0 saturated carbocycles. The van der Waals surface area contributed by atoms with Crippen LogP contribution in [0.2, 0.25) is 10.0 Å². The maximum atomic E-state index is 12.5. The second-order valence-corrected chi connectivity index (χ2v) is 8.17. The molecular formula is C24H21Cl2N3O3. The molecule has 0 fully saturated rings. The highest BCUT2D eigenvalue weighted by Crippen LogP contribution is 2.25. The summed E-state index contributed by atoms with van der Waals surface area (Å²) >= 11 is 12.4. The van der Waals surface area contributed by atoms with E-state index in [1.54, 1.807) is 47.3 Å². The number of nitrogens with one attached hydrogen (secondary N) is 1. The molecule has 0 spiro atoms. The Morgan fingerprint density at radius 2 is 1.84 bits per heavy atom. The molecule has 2 heterocycles. The quantitative estimate of drug-likeness (QED) is 0.345. The van der Waals surface area contributed by atoms with Crippen LogP contribution in [0.25, 0.3) is 0 Å². The first-order valence-corrected chi connectivity index (χ1v) is 10.7. The number of anilines is 1. The monoisotopic (exact) mass is 469 g/mol. The number of furan rings is 1. The van der Waals surface area contributed by atoms with Gasteiger partial charge in [-0.1, -0.05) is 35.3 Å². The number of aryl methyl sites for hydroxylation is 2. The summed E-state index contributed by atoms with van der Waals surface area (Å²) in [6.07, 6.45) is 1.74. The highest BCUT2D eigenvalue weighted by Gasteiger charge is 2.14. The van der Waals surface area contributed by atoms with Gasteiger partial charge in [0.2, 0.25) is 0 Å². The second kappa shape index (κ2) is 9.51. The summed E-state index contributed by atoms with van der Waals surface area (Å²) in [6.45, 7) is 4.69. The average molecular weight is 470 g/mol. The molecule has 0 bridgehead atoms. The Morgan fingerprint density at radius 1 is 1.06 bits per heavy atom. The van der Waals surface area contributed by atoms with Crippen molar-refractivity contribution >= 4 is 34.9 Å². The van der Waals surface area contributed by atoms with Gasteiger partial charge in [-0.3, -0.25) is 9.48 Å². The van der Waals surface area contributed by atoms with Crippen LogP contribution < -0.4 is 10.1 Å². The predicted octanol–water partition coefficient (Wildman–Crippen LogP) is 6.28. The molecule has 32 heavy (non-hydrogen) atoms. The first-order chi connectivity index (χ1) is 15.4. The summed E-state index contributed by atoms with van der Waals surface area (Å²) in [7, 11) is 0. The number of nitrogens with zero attached hydrogens (tertiary/aromatic N) is 2. The van der Waals surface area contributed by atoms with Gasteiger partial charge in [0, 0.05) is 27.9 Å². The maximum Gasteiger partial charge on any atom is 0.292 e. The SMILES string of the molecule is Cc1ccc(OCc2ccc(C(=O)Nc3ccn(Cc4c(Cl)cccc4Cl)n3)o2)cc1C. The minimum Gasteiger partial charge on any atom is -0.486 e. The lowest BCUT2D eigenvalue weighted by Crippen LogP contribution is -2.12. The molecule has 0 aliphatic carbocycles. The number of rotatable bonds is 7. The summed E-state index contributed by atoms with van der Waals surface area (Å²) in [5, 5.41) is 8.20. The zero-order valence-electron chi connectivity index (χ0n) is 17.6. The summed E-state index contributed by atoms with van der Waals surface area (Å²) in [4.78, 5) is 12.5. The van der Waals surface area contributed by atoms with Crippen molar-refractivity contribution in [3.05, 3.63) is 99.1 Å². The number of carbonyl (C=O) groups is 1. The standard InChI is InChI=1S/C24H21Cl2N3O3/c1-15-6-7-17(12-16(15)2)31-14-18-8-9-22(32-18)24(30)27-23-10-11-29(28-23)13-19-20(25)4-3-5-21(19)26/h3-12H,13-14H2,1-2H3,(H,27,28,30). The highest BCUT2D eigenvalue weighted by molar-refractivity contribution is 6.35. The van der Waals surface area contributed by atoms with Crippen LogP contribution in [0.1, 0.15) is 33.0 Å². The van der Waals surface area contributed by atoms with Crippen molar-refractivity contribution in [2.45, 2.75) is 27.0 Å². The number of benzene rings is 2. The van der Waals surface area contributed by atoms with E-state index in [2.05, 4.69) is 10.4 Å². The topological polar surface area (TPSA) is 69.3 Å².